The highest BCUT2D eigenvalue weighted by atomic mass is 16.3. The molecule has 0 fully saturated rings. The predicted molar refractivity (Wildman–Crippen MR) is 55.6 cm³/mol. The smallest absolute Gasteiger partial charge is 0.0991 e. The summed E-state index contributed by atoms with van der Waals surface area (Å²) in [5.41, 5.74) is 2.75. The SMILES string of the molecule is CCc1cc(C#N)cc([C](C)CO)c1. The summed E-state index contributed by atoms with van der Waals surface area (Å²) in [7, 11) is 0. The van der Waals surface area contributed by atoms with Crippen LogP contribution in [0.25, 0.3) is 0 Å². The van der Waals surface area contributed by atoms with Gasteiger partial charge in [0.15, 0.2) is 0 Å². The molecule has 1 aromatic carbocycles. The monoisotopic (exact) mass is 188 g/mol. The molecule has 0 aliphatic rings. The Morgan fingerprint density at radius 2 is 2.14 bits per heavy atom. The number of nitrogens with zero attached hydrogens (tertiary/aromatic N) is 1. The highest BCUT2D eigenvalue weighted by Crippen LogP contribution is 2.18. The quantitative estimate of drug-likeness (QED) is 0.789. The molecule has 0 aliphatic heterocycles. The number of hydrogen-bond donors (Lipinski definition) is 1. The molecule has 2 nitrogen and oxygen atoms in total. The zero-order chi connectivity index (χ0) is 10.6. The Kier molecular flexibility index (Phi) is 3.67. The highest BCUT2D eigenvalue weighted by Gasteiger charge is 2.07. The number of aliphatic hydroxyl groups excluding tert-OH is 1. The maximum atomic E-state index is 9.00. The molecule has 1 aromatic rings. The van der Waals surface area contributed by atoms with E-state index in [0.29, 0.717) is 5.56 Å². The van der Waals surface area contributed by atoms with Gasteiger partial charge in [0.25, 0.3) is 0 Å². The van der Waals surface area contributed by atoms with Crippen molar-refractivity contribution < 1.29 is 5.11 Å². The molecule has 14 heavy (non-hydrogen) atoms. The summed E-state index contributed by atoms with van der Waals surface area (Å²) >= 11 is 0. The number of aliphatic hydroxyl groups is 1. The molecule has 0 spiro atoms. The normalized spacial score (nSPS) is 10.2. The Labute approximate surface area is 84.8 Å². The van der Waals surface area contributed by atoms with Gasteiger partial charge in [0, 0.05) is 5.92 Å². The van der Waals surface area contributed by atoms with E-state index in [1.54, 1.807) is 0 Å². The lowest BCUT2D eigenvalue weighted by Crippen LogP contribution is -2.01. The Bertz CT molecular complexity index is 352. The summed E-state index contributed by atoms with van der Waals surface area (Å²) in [6.45, 7) is 3.96. The molecule has 2 heteroatoms. The van der Waals surface area contributed by atoms with Gasteiger partial charge in [0.1, 0.15) is 0 Å². The van der Waals surface area contributed by atoms with Crippen molar-refractivity contribution in [2.24, 2.45) is 0 Å². The van der Waals surface area contributed by atoms with E-state index in [2.05, 4.69) is 13.0 Å². The van der Waals surface area contributed by atoms with Crippen LogP contribution in [0.15, 0.2) is 18.2 Å². The predicted octanol–water partition coefficient (Wildman–Crippen LogP) is 2.06. The van der Waals surface area contributed by atoms with Crippen molar-refractivity contribution in [3.8, 4) is 6.07 Å². The van der Waals surface area contributed by atoms with Crippen molar-refractivity contribution in [3.63, 3.8) is 0 Å². The van der Waals surface area contributed by atoms with Crippen LogP contribution in [0, 0.1) is 17.2 Å². The maximum absolute atomic E-state index is 9.00. The Morgan fingerprint density at radius 3 is 2.64 bits per heavy atom. The molecule has 0 atom stereocenters. The largest absolute Gasteiger partial charge is 0.395 e. The topological polar surface area (TPSA) is 44.0 Å². The molecular formula is C12H14NO. The van der Waals surface area contributed by atoms with Gasteiger partial charge in [-0.1, -0.05) is 19.9 Å². The third kappa shape index (κ3) is 2.34. The molecule has 0 aliphatic carbocycles. The Morgan fingerprint density at radius 1 is 1.43 bits per heavy atom. The number of nitriles is 1. The molecule has 0 saturated carbocycles. The number of benzene rings is 1. The Balaban J connectivity index is 3.12. The summed E-state index contributed by atoms with van der Waals surface area (Å²) in [5, 5.41) is 17.8. The van der Waals surface area contributed by atoms with E-state index in [9.17, 15) is 0 Å². The van der Waals surface area contributed by atoms with Crippen LogP contribution < -0.4 is 0 Å². The zero-order valence-electron chi connectivity index (χ0n) is 8.54. The van der Waals surface area contributed by atoms with E-state index < -0.39 is 0 Å². The first-order valence-corrected chi connectivity index (χ1v) is 4.69. The third-order valence-electron chi connectivity index (χ3n) is 2.26. The van der Waals surface area contributed by atoms with Crippen molar-refractivity contribution in [1.82, 2.24) is 0 Å². The summed E-state index contributed by atoms with van der Waals surface area (Å²) in [6.07, 6.45) is 0.904. The second-order valence-electron chi connectivity index (χ2n) is 3.32. The third-order valence-corrected chi connectivity index (χ3v) is 2.26. The van der Waals surface area contributed by atoms with Crippen LogP contribution in [0.1, 0.15) is 30.5 Å². The van der Waals surface area contributed by atoms with Gasteiger partial charge in [-0.15, -0.1) is 0 Å². The molecular weight excluding hydrogens is 174 g/mol. The van der Waals surface area contributed by atoms with Gasteiger partial charge in [0.2, 0.25) is 0 Å². The van der Waals surface area contributed by atoms with E-state index in [4.69, 9.17) is 10.4 Å². The van der Waals surface area contributed by atoms with Gasteiger partial charge >= 0.3 is 0 Å². The molecule has 73 valence electrons. The minimum absolute atomic E-state index is 0.0397. The van der Waals surface area contributed by atoms with E-state index >= 15 is 0 Å². The fourth-order valence-electron chi connectivity index (χ4n) is 1.30. The van der Waals surface area contributed by atoms with Crippen LogP contribution in [-0.2, 0) is 6.42 Å². The van der Waals surface area contributed by atoms with E-state index in [1.165, 1.54) is 0 Å². The van der Waals surface area contributed by atoms with E-state index in [-0.39, 0.29) is 6.61 Å². The molecule has 0 unspecified atom stereocenters. The van der Waals surface area contributed by atoms with E-state index in [0.717, 1.165) is 23.5 Å². The summed E-state index contributed by atoms with van der Waals surface area (Å²) < 4.78 is 0. The van der Waals surface area contributed by atoms with Crippen LogP contribution in [0.5, 0.6) is 0 Å². The first-order valence-electron chi connectivity index (χ1n) is 4.69. The maximum Gasteiger partial charge on any atom is 0.0991 e. The highest BCUT2D eigenvalue weighted by molar-refractivity contribution is 5.42. The van der Waals surface area contributed by atoms with Crippen molar-refractivity contribution >= 4 is 0 Å². The van der Waals surface area contributed by atoms with Crippen LogP contribution in [0.4, 0.5) is 0 Å². The van der Waals surface area contributed by atoms with Gasteiger partial charge in [0.05, 0.1) is 18.2 Å². The summed E-state index contributed by atoms with van der Waals surface area (Å²) in [4.78, 5) is 0. The molecule has 1 N–H and O–H groups in total. The molecule has 0 aromatic heterocycles. The van der Waals surface area contributed by atoms with Crippen LogP contribution in [-0.4, -0.2) is 11.7 Å². The van der Waals surface area contributed by atoms with Crippen LogP contribution in [0.3, 0.4) is 0 Å². The lowest BCUT2D eigenvalue weighted by atomic mass is 9.96. The lowest BCUT2D eigenvalue weighted by Gasteiger charge is -2.09. The van der Waals surface area contributed by atoms with Gasteiger partial charge in [-0.3, -0.25) is 0 Å². The molecule has 0 bridgehead atoms. The van der Waals surface area contributed by atoms with Crippen molar-refractivity contribution in [1.29, 1.82) is 5.26 Å². The van der Waals surface area contributed by atoms with Gasteiger partial charge < -0.3 is 5.11 Å². The Hall–Kier alpha value is -1.33. The minimum atomic E-state index is 0.0397. The minimum Gasteiger partial charge on any atom is -0.395 e. The lowest BCUT2D eigenvalue weighted by molar-refractivity contribution is 0.315. The van der Waals surface area contributed by atoms with Crippen molar-refractivity contribution in [2.75, 3.05) is 6.61 Å². The number of hydrogen-bond acceptors (Lipinski definition) is 2. The van der Waals surface area contributed by atoms with E-state index in [1.807, 2.05) is 25.1 Å². The van der Waals surface area contributed by atoms with Crippen molar-refractivity contribution in [2.45, 2.75) is 20.3 Å². The van der Waals surface area contributed by atoms with Crippen LogP contribution >= 0.6 is 0 Å². The van der Waals surface area contributed by atoms with Crippen molar-refractivity contribution in [3.05, 3.63) is 40.8 Å². The zero-order valence-corrected chi connectivity index (χ0v) is 8.54. The molecule has 0 saturated heterocycles. The van der Waals surface area contributed by atoms with Crippen LogP contribution in [0.2, 0.25) is 0 Å². The standard InChI is InChI=1S/C12H14NO/c1-3-10-4-11(7-13)6-12(5-10)9(2)8-14/h4-6,14H,3,8H2,1-2H3. The molecule has 1 radical (unpaired) electrons. The molecule has 1 rings (SSSR count). The average Bonchev–Trinajstić information content (AvgIpc) is 2.27. The average molecular weight is 188 g/mol. The van der Waals surface area contributed by atoms with Gasteiger partial charge in [-0.2, -0.15) is 5.26 Å². The van der Waals surface area contributed by atoms with Gasteiger partial charge in [-0.25, -0.2) is 0 Å². The summed E-state index contributed by atoms with van der Waals surface area (Å²) in [5.74, 6) is 0.900. The number of aryl methyl sites for hydroxylation is 1. The number of rotatable bonds is 3. The summed E-state index contributed by atoms with van der Waals surface area (Å²) in [6, 6.07) is 7.84. The fourth-order valence-corrected chi connectivity index (χ4v) is 1.30. The second-order valence-corrected chi connectivity index (χ2v) is 3.32. The van der Waals surface area contributed by atoms with Gasteiger partial charge in [-0.05, 0) is 29.7 Å². The first-order chi connectivity index (χ1) is 6.71. The first kappa shape index (κ1) is 10.7. The fraction of sp³-hybridized carbons (Fsp3) is 0.333. The second kappa shape index (κ2) is 4.78. The molecule has 0 heterocycles. The molecule has 0 amide bonds.